The van der Waals surface area contributed by atoms with Crippen molar-refractivity contribution < 1.29 is 19.2 Å². The van der Waals surface area contributed by atoms with E-state index >= 15 is 0 Å². The topological polar surface area (TPSA) is 90.0 Å². The molecule has 1 aromatic carbocycles. The summed E-state index contributed by atoms with van der Waals surface area (Å²) in [6, 6.07) is 4.60. The van der Waals surface area contributed by atoms with Gasteiger partial charge in [0.15, 0.2) is 0 Å². The van der Waals surface area contributed by atoms with Crippen LogP contribution in [0.25, 0.3) is 0 Å². The normalized spacial score (nSPS) is 20.1. The van der Waals surface area contributed by atoms with Crippen molar-refractivity contribution in [2.75, 3.05) is 31.5 Å². The number of hydrogen-bond donors (Lipinski definition) is 1. The third-order valence-electron chi connectivity index (χ3n) is 6.12. The highest BCUT2D eigenvalue weighted by molar-refractivity contribution is 6.22. The third-order valence-corrected chi connectivity index (χ3v) is 6.12. The number of nitrogens with one attached hydrogen (secondary N) is 1. The Hall–Kier alpha value is -2.90. The van der Waals surface area contributed by atoms with Gasteiger partial charge < -0.3 is 15.1 Å². The summed E-state index contributed by atoms with van der Waals surface area (Å²) in [5, 5.41) is 2.82. The van der Waals surface area contributed by atoms with Crippen LogP contribution in [0.3, 0.4) is 0 Å². The molecule has 1 N–H and O–H groups in total. The van der Waals surface area contributed by atoms with E-state index in [9.17, 15) is 19.2 Å². The predicted molar refractivity (Wildman–Crippen MR) is 107 cm³/mol. The van der Waals surface area contributed by atoms with E-state index in [0.717, 1.165) is 32.1 Å². The van der Waals surface area contributed by atoms with Gasteiger partial charge in [-0.15, -0.1) is 0 Å². The molecule has 1 saturated heterocycles. The summed E-state index contributed by atoms with van der Waals surface area (Å²) in [4.78, 5) is 54.4. The largest absolute Gasteiger partial charge is 0.339 e. The molecule has 0 bridgehead atoms. The molecule has 29 heavy (non-hydrogen) atoms. The number of amides is 5. The van der Waals surface area contributed by atoms with E-state index in [2.05, 4.69) is 5.32 Å². The van der Waals surface area contributed by atoms with Crippen molar-refractivity contribution in [2.45, 2.75) is 45.1 Å². The molecule has 0 spiro atoms. The number of urea groups is 1. The van der Waals surface area contributed by atoms with Crippen LogP contribution in [0.5, 0.6) is 0 Å². The molecule has 2 aliphatic heterocycles. The first-order valence-electron chi connectivity index (χ1n) is 10.3. The highest BCUT2D eigenvalue weighted by Gasteiger charge is 2.40. The molecule has 2 heterocycles. The lowest BCUT2D eigenvalue weighted by atomic mass is 9.94. The van der Waals surface area contributed by atoms with E-state index in [0.29, 0.717) is 43.0 Å². The summed E-state index contributed by atoms with van der Waals surface area (Å²) in [5.74, 6) is -0.479. The van der Waals surface area contributed by atoms with Crippen LogP contribution in [0.4, 0.5) is 10.5 Å². The summed E-state index contributed by atoms with van der Waals surface area (Å²) in [5.41, 5.74) is 1.27. The van der Waals surface area contributed by atoms with Gasteiger partial charge in [0.2, 0.25) is 5.91 Å². The summed E-state index contributed by atoms with van der Waals surface area (Å²) in [7, 11) is 0. The second-order valence-electron chi connectivity index (χ2n) is 7.96. The molecule has 0 unspecified atom stereocenters. The molecule has 1 aromatic rings. The highest BCUT2D eigenvalue weighted by Crippen LogP contribution is 2.32. The summed E-state index contributed by atoms with van der Waals surface area (Å²) in [6.45, 7) is 3.47. The predicted octanol–water partition coefficient (Wildman–Crippen LogP) is 2.31. The Bertz CT molecular complexity index is 854. The minimum Gasteiger partial charge on any atom is -0.339 e. The molecule has 4 rings (SSSR count). The molecule has 8 nitrogen and oxygen atoms in total. The molecular weight excluding hydrogens is 372 g/mol. The number of piperazine rings is 1. The Morgan fingerprint density at radius 3 is 2.17 bits per heavy atom. The first-order valence-corrected chi connectivity index (χ1v) is 10.3. The second-order valence-corrected chi connectivity index (χ2v) is 7.96. The Morgan fingerprint density at radius 2 is 1.52 bits per heavy atom. The quantitative estimate of drug-likeness (QED) is 0.774. The van der Waals surface area contributed by atoms with E-state index in [1.54, 1.807) is 28.0 Å². The van der Waals surface area contributed by atoms with Gasteiger partial charge in [0.05, 0.1) is 11.1 Å². The number of benzene rings is 1. The van der Waals surface area contributed by atoms with Crippen LogP contribution in [0, 0.1) is 0 Å². The van der Waals surface area contributed by atoms with E-state index < -0.39 is 0 Å². The van der Waals surface area contributed by atoms with Crippen molar-refractivity contribution >= 4 is 29.4 Å². The van der Waals surface area contributed by atoms with E-state index in [4.69, 9.17) is 0 Å². The number of carbonyl (C=O) groups excluding carboxylic acids is 4. The van der Waals surface area contributed by atoms with Gasteiger partial charge in [0.1, 0.15) is 0 Å². The van der Waals surface area contributed by atoms with Gasteiger partial charge in [-0.2, -0.15) is 0 Å². The average molecular weight is 398 g/mol. The maximum absolute atomic E-state index is 12.9. The molecule has 8 heteroatoms. The number of anilines is 1. The Morgan fingerprint density at radius 1 is 0.897 bits per heavy atom. The van der Waals surface area contributed by atoms with Gasteiger partial charge in [-0.1, -0.05) is 19.3 Å². The van der Waals surface area contributed by atoms with Gasteiger partial charge in [0, 0.05) is 44.8 Å². The fraction of sp³-hybridized carbons (Fsp3) is 0.524. The third kappa shape index (κ3) is 3.71. The fourth-order valence-electron chi connectivity index (χ4n) is 4.44. The van der Waals surface area contributed by atoms with Crippen LogP contribution in [0.2, 0.25) is 0 Å². The van der Waals surface area contributed by atoms with Crippen molar-refractivity contribution in [3.63, 3.8) is 0 Å². The zero-order chi connectivity index (χ0) is 20.5. The van der Waals surface area contributed by atoms with Crippen molar-refractivity contribution in [1.82, 2.24) is 14.7 Å². The molecular formula is C21H26N4O4. The van der Waals surface area contributed by atoms with Crippen molar-refractivity contribution in [3.8, 4) is 0 Å². The number of rotatable bonds is 2. The monoisotopic (exact) mass is 398 g/mol. The van der Waals surface area contributed by atoms with E-state index in [1.807, 2.05) is 0 Å². The first kappa shape index (κ1) is 19.4. The molecule has 154 valence electrons. The number of nitrogens with zero attached hydrogens (tertiary/aromatic N) is 3. The number of fused-ring (bicyclic) bond motifs is 1. The number of hydrogen-bond acceptors (Lipinski definition) is 4. The average Bonchev–Trinajstić information content (AvgIpc) is 2.98. The second kappa shape index (κ2) is 7.85. The van der Waals surface area contributed by atoms with Crippen LogP contribution in [0.15, 0.2) is 18.2 Å². The molecule has 5 amide bonds. The van der Waals surface area contributed by atoms with E-state index in [-0.39, 0.29) is 29.8 Å². The van der Waals surface area contributed by atoms with Crippen LogP contribution >= 0.6 is 0 Å². The van der Waals surface area contributed by atoms with Gasteiger partial charge in [0.25, 0.3) is 11.8 Å². The lowest BCUT2D eigenvalue weighted by molar-refractivity contribution is -0.130. The maximum Gasteiger partial charge on any atom is 0.321 e. The Balaban J connectivity index is 1.44. The zero-order valence-corrected chi connectivity index (χ0v) is 16.6. The number of carbonyl (C=O) groups is 4. The fourth-order valence-corrected chi connectivity index (χ4v) is 4.44. The molecule has 1 aliphatic carbocycles. The van der Waals surface area contributed by atoms with E-state index in [1.165, 1.54) is 11.8 Å². The lowest BCUT2D eigenvalue weighted by Crippen LogP contribution is -2.51. The minimum atomic E-state index is -0.269. The van der Waals surface area contributed by atoms with Crippen molar-refractivity contribution in [2.24, 2.45) is 0 Å². The van der Waals surface area contributed by atoms with Crippen LogP contribution in [0.1, 0.15) is 59.7 Å². The van der Waals surface area contributed by atoms with Gasteiger partial charge >= 0.3 is 6.03 Å². The zero-order valence-electron chi connectivity index (χ0n) is 16.6. The van der Waals surface area contributed by atoms with Gasteiger partial charge in [-0.3, -0.25) is 19.3 Å². The van der Waals surface area contributed by atoms with Crippen molar-refractivity contribution in [1.29, 1.82) is 0 Å². The molecule has 0 radical (unpaired) electrons. The number of imide groups is 1. The smallest absolute Gasteiger partial charge is 0.321 e. The van der Waals surface area contributed by atoms with Gasteiger partial charge in [-0.05, 0) is 31.0 Å². The Kier molecular flexibility index (Phi) is 5.25. The first-order chi connectivity index (χ1) is 14.0. The lowest BCUT2D eigenvalue weighted by Gasteiger charge is -2.34. The molecule has 1 saturated carbocycles. The van der Waals surface area contributed by atoms with Gasteiger partial charge in [-0.25, -0.2) is 4.79 Å². The van der Waals surface area contributed by atoms with Crippen LogP contribution in [-0.2, 0) is 4.79 Å². The SMILES string of the molecule is CC(=O)N1CCN(C(=O)Nc2ccc3c(c2)C(=O)N(C2CCCCC2)C3=O)CC1. The van der Waals surface area contributed by atoms with Crippen molar-refractivity contribution in [3.05, 3.63) is 29.3 Å². The maximum atomic E-state index is 12.9. The van der Waals surface area contributed by atoms with Crippen LogP contribution < -0.4 is 5.32 Å². The highest BCUT2D eigenvalue weighted by atomic mass is 16.2. The summed E-state index contributed by atoms with van der Waals surface area (Å²) >= 11 is 0. The Labute approximate surface area is 169 Å². The molecule has 0 aromatic heterocycles. The molecule has 0 atom stereocenters. The summed E-state index contributed by atoms with van der Waals surface area (Å²) in [6.07, 6.45) is 4.95. The molecule has 3 aliphatic rings. The van der Waals surface area contributed by atoms with Crippen LogP contribution in [-0.4, -0.2) is 70.7 Å². The standard InChI is InChI=1S/C21H26N4O4/c1-14(26)23-9-11-24(12-10-23)21(29)22-15-7-8-17-18(13-15)20(28)25(19(17)27)16-5-3-2-4-6-16/h7-8,13,16H,2-6,9-12H2,1H3,(H,22,29). The molecule has 2 fully saturated rings. The summed E-state index contributed by atoms with van der Waals surface area (Å²) < 4.78 is 0. The minimum absolute atomic E-state index is 0.00869.